The predicted octanol–water partition coefficient (Wildman–Crippen LogP) is 1.50. The van der Waals surface area contributed by atoms with Gasteiger partial charge < -0.3 is 9.47 Å². The molecule has 0 radical (unpaired) electrons. The largest absolute Gasteiger partial charge is 0.495 e. The molecule has 7 heteroatoms. The molecule has 2 aromatic rings. The van der Waals surface area contributed by atoms with E-state index in [0.29, 0.717) is 23.8 Å². The maximum atomic E-state index is 9.17. The van der Waals surface area contributed by atoms with Crippen molar-refractivity contribution < 1.29 is 9.47 Å². The smallest absolute Gasteiger partial charge is 0.154 e. The third kappa shape index (κ3) is 2.92. The Morgan fingerprint density at radius 3 is 2.95 bits per heavy atom. The predicted molar refractivity (Wildman–Crippen MR) is 77.4 cm³/mol. The highest BCUT2D eigenvalue weighted by atomic mass is 16.5. The molecule has 0 atom stereocenters. The van der Waals surface area contributed by atoms with Gasteiger partial charge in [-0.05, 0) is 41.0 Å². The Labute approximate surface area is 128 Å². The summed E-state index contributed by atoms with van der Waals surface area (Å²) in [5.74, 6) is 1.79. The Kier molecular flexibility index (Phi) is 4.30. The molecule has 7 nitrogen and oxygen atoms in total. The molecule has 1 aromatic carbocycles. The summed E-state index contributed by atoms with van der Waals surface area (Å²) in [6, 6.07) is 7.68. The van der Waals surface area contributed by atoms with Crippen molar-refractivity contribution in [2.24, 2.45) is 0 Å². The van der Waals surface area contributed by atoms with Gasteiger partial charge in [0, 0.05) is 19.1 Å². The van der Waals surface area contributed by atoms with Gasteiger partial charge in [-0.3, -0.25) is 0 Å². The number of ether oxygens (including phenoxy) is 2. The highest BCUT2D eigenvalue weighted by Gasteiger charge is 2.22. The van der Waals surface area contributed by atoms with E-state index in [1.807, 2.05) is 12.1 Å². The summed E-state index contributed by atoms with van der Waals surface area (Å²) in [5.41, 5.74) is 1.48. The van der Waals surface area contributed by atoms with Gasteiger partial charge in [-0.2, -0.15) is 5.26 Å². The van der Waals surface area contributed by atoms with E-state index in [4.69, 9.17) is 14.7 Å². The molecule has 0 bridgehead atoms. The third-order valence-electron chi connectivity index (χ3n) is 3.86. The fourth-order valence-corrected chi connectivity index (χ4v) is 2.69. The van der Waals surface area contributed by atoms with Crippen LogP contribution in [0, 0.1) is 11.3 Å². The minimum atomic E-state index is 0.331. The zero-order valence-corrected chi connectivity index (χ0v) is 12.4. The van der Waals surface area contributed by atoms with Crippen molar-refractivity contribution in [1.29, 1.82) is 5.26 Å². The fourth-order valence-electron chi connectivity index (χ4n) is 2.69. The summed E-state index contributed by atoms with van der Waals surface area (Å²) >= 11 is 0. The lowest BCUT2D eigenvalue weighted by atomic mass is 9.99. The molecule has 0 unspecified atom stereocenters. The number of hydrogen-bond acceptors (Lipinski definition) is 6. The summed E-state index contributed by atoms with van der Waals surface area (Å²) in [6.45, 7) is 2.04. The first kappa shape index (κ1) is 14.5. The fraction of sp³-hybridized carbons (Fsp3) is 0.467. The molecule has 0 N–H and O–H groups in total. The lowest BCUT2D eigenvalue weighted by molar-refractivity contribution is 0.0826. The Bertz CT molecular complexity index is 685. The van der Waals surface area contributed by atoms with Gasteiger partial charge in [0.1, 0.15) is 11.8 Å². The van der Waals surface area contributed by atoms with Crippen LogP contribution in [-0.2, 0) is 11.3 Å². The summed E-state index contributed by atoms with van der Waals surface area (Å²) in [5, 5.41) is 21.2. The van der Waals surface area contributed by atoms with E-state index in [-0.39, 0.29) is 0 Å². The first-order valence-electron chi connectivity index (χ1n) is 7.22. The van der Waals surface area contributed by atoms with Crippen molar-refractivity contribution in [3.05, 3.63) is 35.2 Å². The number of tetrazole rings is 1. The molecule has 1 aliphatic rings. The molecule has 1 aromatic heterocycles. The van der Waals surface area contributed by atoms with Crippen LogP contribution in [0.3, 0.4) is 0 Å². The van der Waals surface area contributed by atoms with Crippen LogP contribution < -0.4 is 4.74 Å². The van der Waals surface area contributed by atoms with E-state index in [9.17, 15) is 0 Å². The van der Waals surface area contributed by atoms with Crippen molar-refractivity contribution in [3.8, 4) is 11.8 Å². The minimum Gasteiger partial charge on any atom is -0.495 e. The summed E-state index contributed by atoms with van der Waals surface area (Å²) in [6.07, 6.45) is 1.87. The highest BCUT2D eigenvalue weighted by molar-refractivity contribution is 5.45. The number of nitrogens with zero attached hydrogens (tertiary/aromatic N) is 5. The number of methoxy groups -OCH3 is 1. The minimum absolute atomic E-state index is 0.331. The molecule has 0 amide bonds. The maximum absolute atomic E-state index is 9.17. The van der Waals surface area contributed by atoms with E-state index < -0.39 is 0 Å². The SMILES string of the molecule is COc1ccc(Cn2nnnc2C2CCOCC2)cc1C#N. The second-order valence-electron chi connectivity index (χ2n) is 5.23. The van der Waals surface area contributed by atoms with Crippen LogP contribution in [0.25, 0.3) is 0 Å². The summed E-state index contributed by atoms with van der Waals surface area (Å²) in [4.78, 5) is 0. The molecular formula is C15H17N5O2. The molecule has 1 saturated heterocycles. The third-order valence-corrected chi connectivity index (χ3v) is 3.86. The van der Waals surface area contributed by atoms with E-state index in [1.54, 1.807) is 17.9 Å². The van der Waals surface area contributed by atoms with Crippen molar-refractivity contribution in [2.45, 2.75) is 25.3 Å². The summed E-state index contributed by atoms with van der Waals surface area (Å²) < 4.78 is 12.4. The zero-order chi connectivity index (χ0) is 15.4. The molecule has 0 aliphatic carbocycles. The van der Waals surface area contributed by atoms with Crippen LogP contribution in [0.1, 0.15) is 35.7 Å². The van der Waals surface area contributed by atoms with Gasteiger partial charge in [0.05, 0.1) is 19.2 Å². The number of nitriles is 1. The Morgan fingerprint density at radius 2 is 2.23 bits per heavy atom. The lowest BCUT2D eigenvalue weighted by Gasteiger charge is -2.21. The van der Waals surface area contributed by atoms with E-state index in [1.165, 1.54) is 0 Å². The normalized spacial score (nSPS) is 15.5. The second-order valence-corrected chi connectivity index (χ2v) is 5.23. The highest BCUT2D eigenvalue weighted by Crippen LogP contribution is 2.25. The van der Waals surface area contributed by atoms with Gasteiger partial charge in [0.15, 0.2) is 5.82 Å². The molecule has 1 aliphatic heterocycles. The second kappa shape index (κ2) is 6.54. The quantitative estimate of drug-likeness (QED) is 0.850. The van der Waals surface area contributed by atoms with Crippen LogP contribution in [0.4, 0.5) is 0 Å². The van der Waals surface area contributed by atoms with Crippen LogP contribution in [0.5, 0.6) is 5.75 Å². The summed E-state index contributed by atoms with van der Waals surface area (Å²) in [7, 11) is 1.56. The van der Waals surface area contributed by atoms with Gasteiger partial charge in [0.25, 0.3) is 0 Å². The van der Waals surface area contributed by atoms with E-state index in [0.717, 1.165) is 37.4 Å². The molecule has 114 valence electrons. The molecule has 0 saturated carbocycles. The average molecular weight is 299 g/mol. The number of rotatable bonds is 4. The van der Waals surface area contributed by atoms with Crippen molar-refractivity contribution >= 4 is 0 Å². The maximum Gasteiger partial charge on any atom is 0.154 e. The first-order chi connectivity index (χ1) is 10.8. The van der Waals surface area contributed by atoms with Crippen LogP contribution in [-0.4, -0.2) is 40.5 Å². The molecular weight excluding hydrogens is 282 g/mol. The van der Waals surface area contributed by atoms with Crippen molar-refractivity contribution in [1.82, 2.24) is 20.2 Å². The molecule has 3 rings (SSSR count). The van der Waals surface area contributed by atoms with E-state index >= 15 is 0 Å². The van der Waals surface area contributed by atoms with Crippen LogP contribution >= 0.6 is 0 Å². The van der Waals surface area contributed by atoms with Crippen molar-refractivity contribution in [2.75, 3.05) is 20.3 Å². The Hall–Kier alpha value is -2.46. The number of benzene rings is 1. The monoisotopic (exact) mass is 299 g/mol. The van der Waals surface area contributed by atoms with Gasteiger partial charge in [-0.15, -0.1) is 5.10 Å². The van der Waals surface area contributed by atoms with Crippen LogP contribution in [0.15, 0.2) is 18.2 Å². The number of aromatic nitrogens is 4. The Balaban J connectivity index is 1.82. The lowest BCUT2D eigenvalue weighted by Crippen LogP contribution is -2.19. The standard InChI is InChI=1S/C15H17N5O2/c1-21-14-3-2-11(8-13(14)9-16)10-20-15(17-18-19-20)12-4-6-22-7-5-12/h2-3,8,12H,4-7,10H2,1H3. The average Bonchev–Trinajstić information content (AvgIpc) is 3.03. The van der Waals surface area contributed by atoms with Gasteiger partial charge in [0.2, 0.25) is 0 Å². The molecule has 2 heterocycles. The van der Waals surface area contributed by atoms with Gasteiger partial charge in [-0.1, -0.05) is 6.07 Å². The van der Waals surface area contributed by atoms with Gasteiger partial charge in [-0.25, -0.2) is 4.68 Å². The molecule has 0 spiro atoms. The number of hydrogen-bond donors (Lipinski definition) is 0. The van der Waals surface area contributed by atoms with Gasteiger partial charge >= 0.3 is 0 Å². The van der Waals surface area contributed by atoms with E-state index in [2.05, 4.69) is 21.6 Å². The van der Waals surface area contributed by atoms with Crippen molar-refractivity contribution in [3.63, 3.8) is 0 Å². The molecule has 22 heavy (non-hydrogen) atoms. The Morgan fingerprint density at radius 1 is 1.41 bits per heavy atom. The van der Waals surface area contributed by atoms with Crippen LogP contribution in [0.2, 0.25) is 0 Å². The topological polar surface area (TPSA) is 85.8 Å². The first-order valence-corrected chi connectivity index (χ1v) is 7.22. The molecule has 1 fully saturated rings. The zero-order valence-electron chi connectivity index (χ0n) is 12.4.